The second-order valence-electron chi connectivity index (χ2n) is 5.47. The summed E-state index contributed by atoms with van der Waals surface area (Å²) in [4.78, 5) is 37.1. The first kappa shape index (κ1) is 19.0. The van der Waals surface area contributed by atoms with E-state index in [0.717, 1.165) is 13.7 Å². The van der Waals surface area contributed by atoms with E-state index in [1.54, 1.807) is 18.2 Å². The fraction of sp³-hybridized carbons (Fsp3) is 0.278. The van der Waals surface area contributed by atoms with E-state index in [1.165, 1.54) is 18.2 Å². The van der Waals surface area contributed by atoms with Gasteiger partial charge in [0.05, 0.1) is 19.7 Å². The number of hydrogen-bond acceptors (Lipinski definition) is 5. The molecule has 0 fully saturated rings. The second-order valence-corrected chi connectivity index (χ2v) is 5.47. The van der Waals surface area contributed by atoms with Crippen molar-refractivity contribution < 1.29 is 9.84 Å². The first-order valence-electron chi connectivity index (χ1n) is 8.08. The average molecular weight is 359 g/mol. The zero-order valence-corrected chi connectivity index (χ0v) is 14.3. The van der Waals surface area contributed by atoms with Crippen LogP contribution in [0.3, 0.4) is 0 Å². The fourth-order valence-electron chi connectivity index (χ4n) is 2.43. The Hall–Kier alpha value is -3.29. The molecule has 0 saturated heterocycles. The molecule has 2 rings (SSSR count). The monoisotopic (exact) mass is 359 g/mol. The molecule has 0 aliphatic carbocycles. The average Bonchev–Trinajstić information content (AvgIpc) is 2.63. The minimum Gasteiger partial charge on any atom is -0.504 e. The van der Waals surface area contributed by atoms with Gasteiger partial charge in [0, 0.05) is 6.54 Å². The van der Waals surface area contributed by atoms with Crippen LogP contribution in [0.25, 0.3) is 0 Å². The summed E-state index contributed by atoms with van der Waals surface area (Å²) in [7, 11) is 0. The van der Waals surface area contributed by atoms with Crippen molar-refractivity contribution in [2.75, 3.05) is 6.61 Å². The van der Waals surface area contributed by atoms with E-state index in [0.29, 0.717) is 12.2 Å². The summed E-state index contributed by atoms with van der Waals surface area (Å²) in [6, 6.07) is 6.51. The molecule has 0 aliphatic heterocycles. The number of ether oxygens (including phenoxy) is 1. The van der Waals surface area contributed by atoms with Gasteiger partial charge in [-0.1, -0.05) is 24.3 Å². The van der Waals surface area contributed by atoms with Crippen LogP contribution in [0.1, 0.15) is 6.42 Å². The van der Waals surface area contributed by atoms with Gasteiger partial charge in [-0.3, -0.25) is 0 Å². The molecular formula is C18H21N3O5. The highest BCUT2D eigenvalue weighted by atomic mass is 16.5. The minimum atomic E-state index is -0.693. The molecule has 0 aliphatic rings. The number of nitrogens with zero attached hydrogens (tertiary/aromatic N) is 3. The van der Waals surface area contributed by atoms with E-state index < -0.39 is 17.1 Å². The first-order valence-corrected chi connectivity index (χ1v) is 8.08. The smallest absolute Gasteiger partial charge is 0.336 e. The molecule has 138 valence electrons. The Morgan fingerprint density at radius 2 is 1.46 bits per heavy atom. The van der Waals surface area contributed by atoms with Gasteiger partial charge in [-0.2, -0.15) is 0 Å². The normalized spacial score (nSPS) is 10.5. The van der Waals surface area contributed by atoms with Crippen LogP contribution in [0, 0.1) is 0 Å². The molecule has 0 atom stereocenters. The summed E-state index contributed by atoms with van der Waals surface area (Å²) in [6.07, 6.45) is 3.16. The maximum Gasteiger partial charge on any atom is 0.336 e. The number of phenols is 1. The van der Waals surface area contributed by atoms with Crippen molar-refractivity contribution >= 4 is 0 Å². The molecule has 1 heterocycles. The third-order valence-corrected chi connectivity index (χ3v) is 3.66. The Morgan fingerprint density at radius 1 is 0.923 bits per heavy atom. The van der Waals surface area contributed by atoms with Gasteiger partial charge in [-0.15, -0.1) is 13.2 Å². The summed E-state index contributed by atoms with van der Waals surface area (Å²) >= 11 is 0. The van der Waals surface area contributed by atoms with Crippen LogP contribution in [0.4, 0.5) is 0 Å². The van der Waals surface area contributed by atoms with Crippen LogP contribution in [0.2, 0.25) is 0 Å². The lowest BCUT2D eigenvalue weighted by molar-refractivity contribution is 0.282. The van der Waals surface area contributed by atoms with Gasteiger partial charge < -0.3 is 9.84 Å². The van der Waals surface area contributed by atoms with Gasteiger partial charge in [0.2, 0.25) is 0 Å². The molecule has 0 radical (unpaired) electrons. The molecule has 8 nitrogen and oxygen atoms in total. The molecule has 0 spiro atoms. The zero-order valence-electron chi connectivity index (χ0n) is 14.3. The molecule has 0 unspecified atom stereocenters. The number of para-hydroxylation sites is 2. The lowest BCUT2D eigenvalue weighted by Gasteiger charge is -2.12. The Balaban J connectivity index is 2.23. The van der Waals surface area contributed by atoms with E-state index in [-0.39, 0.29) is 32.0 Å². The number of aromatic nitrogens is 3. The lowest BCUT2D eigenvalue weighted by Crippen LogP contribution is -2.54. The van der Waals surface area contributed by atoms with Crippen LogP contribution in [-0.4, -0.2) is 25.4 Å². The van der Waals surface area contributed by atoms with E-state index in [9.17, 15) is 19.5 Å². The minimum absolute atomic E-state index is 0.00345. The Bertz CT molecular complexity index is 920. The topological polar surface area (TPSA) is 95.5 Å². The Kier molecular flexibility index (Phi) is 6.37. The molecule has 1 aromatic carbocycles. The second kappa shape index (κ2) is 8.70. The number of aromatic hydroxyl groups is 1. The number of phenolic OH excluding ortho intramolecular Hbond substituents is 1. The molecule has 1 N–H and O–H groups in total. The number of rotatable bonds is 9. The third kappa shape index (κ3) is 4.02. The SMILES string of the molecule is C=CCn1c(=O)n(CC=C)c(=O)n(CCCOc2ccccc2O)c1=O. The Labute approximate surface area is 149 Å². The van der Waals surface area contributed by atoms with Crippen molar-refractivity contribution in [3.05, 3.63) is 81.0 Å². The van der Waals surface area contributed by atoms with Crippen LogP contribution in [0.5, 0.6) is 11.5 Å². The standard InChI is InChI=1S/C18H21N3O5/c1-3-10-19-16(23)20(11-4-2)18(25)21(17(19)24)12-7-13-26-15-9-6-5-8-14(15)22/h3-6,8-9,22H,1-2,7,10-13H2. The summed E-state index contributed by atoms with van der Waals surface area (Å²) in [5, 5.41) is 9.65. The number of allylic oxidation sites excluding steroid dienone is 2. The predicted molar refractivity (Wildman–Crippen MR) is 97.8 cm³/mol. The molecule has 0 amide bonds. The van der Waals surface area contributed by atoms with E-state index in [1.807, 2.05) is 0 Å². The van der Waals surface area contributed by atoms with Gasteiger partial charge in [0.1, 0.15) is 0 Å². The van der Waals surface area contributed by atoms with E-state index in [2.05, 4.69) is 13.2 Å². The van der Waals surface area contributed by atoms with Gasteiger partial charge in [0.25, 0.3) is 0 Å². The molecular weight excluding hydrogens is 338 g/mol. The van der Waals surface area contributed by atoms with Gasteiger partial charge in [-0.25, -0.2) is 28.1 Å². The van der Waals surface area contributed by atoms with Crippen molar-refractivity contribution in [1.82, 2.24) is 13.7 Å². The molecule has 2 aromatic rings. The molecule has 1 aromatic heterocycles. The number of hydrogen-bond donors (Lipinski definition) is 1. The number of benzene rings is 1. The molecule has 26 heavy (non-hydrogen) atoms. The van der Waals surface area contributed by atoms with E-state index >= 15 is 0 Å². The van der Waals surface area contributed by atoms with Crippen LogP contribution in [0.15, 0.2) is 64.0 Å². The van der Waals surface area contributed by atoms with Crippen molar-refractivity contribution in [1.29, 1.82) is 0 Å². The summed E-state index contributed by atoms with van der Waals surface area (Å²) < 4.78 is 8.32. The third-order valence-electron chi connectivity index (χ3n) is 3.66. The molecule has 0 saturated carbocycles. The quantitative estimate of drug-likeness (QED) is 0.526. The fourth-order valence-corrected chi connectivity index (χ4v) is 2.43. The van der Waals surface area contributed by atoms with Gasteiger partial charge in [0.15, 0.2) is 11.5 Å². The van der Waals surface area contributed by atoms with Crippen molar-refractivity contribution in [3.63, 3.8) is 0 Å². The van der Waals surface area contributed by atoms with E-state index in [4.69, 9.17) is 4.74 Å². The predicted octanol–water partition coefficient (Wildman–Crippen LogP) is 0.718. The van der Waals surface area contributed by atoms with Crippen LogP contribution >= 0.6 is 0 Å². The maximum atomic E-state index is 12.4. The van der Waals surface area contributed by atoms with Crippen molar-refractivity contribution in [2.24, 2.45) is 0 Å². The molecule has 0 bridgehead atoms. The van der Waals surface area contributed by atoms with Crippen LogP contribution in [-0.2, 0) is 19.6 Å². The summed E-state index contributed by atoms with van der Waals surface area (Å²) in [5.41, 5.74) is -2.08. The maximum absolute atomic E-state index is 12.4. The Morgan fingerprint density at radius 3 is 2.00 bits per heavy atom. The largest absolute Gasteiger partial charge is 0.504 e. The molecule has 8 heteroatoms. The lowest BCUT2D eigenvalue weighted by atomic mass is 10.3. The highest BCUT2D eigenvalue weighted by molar-refractivity contribution is 5.37. The highest BCUT2D eigenvalue weighted by Gasteiger charge is 2.13. The van der Waals surface area contributed by atoms with Crippen LogP contribution < -0.4 is 21.8 Å². The zero-order chi connectivity index (χ0) is 19.1. The summed E-state index contributed by atoms with van der Waals surface area (Å²) in [5.74, 6) is 0.332. The van der Waals surface area contributed by atoms with Gasteiger partial charge in [-0.05, 0) is 18.6 Å². The van der Waals surface area contributed by atoms with Crippen molar-refractivity contribution in [2.45, 2.75) is 26.1 Å². The van der Waals surface area contributed by atoms with Gasteiger partial charge >= 0.3 is 17.1 Å². The summed E-state index contributed by atoms with van der Waals surface area (Å²) in [6.45, 7) is 7.31. The highest BCUT2D eigenvalue weighted by Crippen LogP contribution is 2.24. The first-order chi connectivity index (χ1) is 12.5. The van der Waals surface area contributed by atoms with Crippen molar-refractivity contribution in [3.8, 4) is 11.5 Å².